The zero-order valence-corrected chi connectivity index (χ0v) is 14.6. The molecule has 0 saturated carbocycles. The third kappa shape index (κ3) is 4.19. The van der Waals surface area contributed by atoms with Crippen LogP contribution in [0.15, 0.2) is 21.1 Å². The zero-order chi connectivity index (χ0) is 14.8. The molecule has 4 nitrogen and oxygen atoms in total. The second-order valence-corrected chi connectivity index (χ2v) is 6.95. The number of hydrogen-bond acceptors (Lipinski definition) is 2. The summed E-state index contributed by atoms with van der Waals surface area (Å²) in [5.41, 5.74) is 0.932. The van der Waals surface area contributed by atoms with Crippen LogP contribution in [0, 0.1) is 0 Å². The van der Waals surface area contributed by atoms with Gasteiger partial charge in [-0.2, -0.15) is 0 Å². The first kappa shape index (κ1) is 16.5. The number of methoxy groups -OCH3 is 1. The molecule has 0 saturated heterocycles. The molecule has 106 valence electrons. The number of nitrogens with zero attached hydrogens (tertiary/aromatic N) is 1. The first-order chi connectivity index (χ1) is 8.66. The second-order valence-electron chi connectivity index (χ2n) is 5.24. The number of rotatable bonds is 5. The number of ether oxygens (including phenoxy) is 1. The monoisotopic (exact) mass is 394 g/mol. The van der Waals surface area contributed by atoms with Crippen LogP contribution in [0.25, 0.3) is 0 Å². The van der Waals surface area contributed by atoms with E-state index in [4.69, 9.17) is 4.74 Å². The fourth-order valence-electron chi connectivity index (χ4n) is 1.78. The molecule has 0 aromatic heterocycles. The summed E-state index contributed by atoms with van der Waals surface area (Å²) in [5, 5.41) is 9.38. The van der Waals surface area contributed by atoms with Gasteiger partial charge in [0.2, 0.25) is 0 Å². The smallest absolute Gasteiger partial charge is 0.362 e. The van der Waals surface area contributed by atoms with Gasteiger partial charge in [0.05, 0.1) is 28.3 Å². The van der Waals surface area contributed by atoms with Gasteiger partial charge in [0, 0.05) is 15.4 Å². The molecule has 0 radical (unpaired) electrons. The minimum absolute atomic E-state index is 0.361. The maximum absolute atomic E-state index is 11.4. The summed E-state index contributed by atoms with van der Waals surface area (Å²) in [4.78, 5) is 11.4. The lowest BCUT2D eigenvalue weighted by Gasteiger charge is -2.31. The van der Waals surface area contributed by atoms with Gasteiger partial charge in [-0.15, -0.1) is 0 Å². The largest absolute Gasteiger partial charge is 0.497 e. The predicted octanol–water partition coefficient (Wildman–Crippen LogP) is 2.92. The summed E-state index contributed by atoms with van der Waals surface area (Å²) in [6.07, 6.45) is 0.435. The van der Waals surface area contributed by atoms with Crippen LogP contribution in [0.4, 0.5) is 0 Å². The standard InChI is InChI=1S/C13H17Br2NO3/c1-16(2,3)12(13(17)18)7-9-10(14)5-8(19-4)6-11(9)15/h5-6,12H,7H2,1-4H3/p+1/t12-/m1/s1. The van der Waals surface area contributed by atoms with Gasteiger partial charge in [-0.3, -0.25) is 0 Å². The quantitative estimate of drug-likeness (QED) is 0.779. The number of carboxylic acid groups (broad SMARTS) is 1. The minimum Gasteiger partial charge on any atom is -0.497 e. The lowest BCUT2D eigenvalue weighted by atomic mass is 10.0. The van der Waals surface area contributed by atoms with Gasteiger partial charge in [0.25, 0.3) is 0 Å². The summed E-state index contributed by atoms with van der Waals surface area (Å²) in [7, 11) is 7.23. The fraction of sp³-hybridized carbons (Fsp3) is 0.462. The number of carboxylic acids is 1. The van der Waals surface area contributed by atoms with Gasteiger partial charge in [-0.25, -0.2) is 4.79 Å². The van der Waals surface area contributed by atoms with Crippen LogP contribution in [-0.2, 0) is 11.2 Å². The number of hydrogen-bond donors (Lipinski definition) is 1. The van der Waals surface area contributed by atoms with E-state index in [0.29, 0.717) is 10.9 Å². The van der Waals surface area contributed by atoms with Gasteiger partial charge in [0.1, 0.15) is 5.75 Å². The van der Waals surface area contributed by atoms with Crippen LogP contribution < -0.4 is 4.74 Å². The van der Waals surface area contributed by atoms with Crippen LogP contribution in [0.3, 0.4) is 0 Å². The summed E-state index contributed by atoms with van der Waals surface area (Å²) in [6.45, 7) is 0. The van der Waals surface area contributed by atoms with E-state index in [9.17, 15) is 9.90 Å². The number of benzene rings is 1. The molecule has 19 heavy (non-hydrogen) atoms. The lowest BCUT2D eigenvalue weighted by Crippen LogP contribution is -2.51. The molecule has 0 aliphatic rings. The summed E-state index contributed by atoms with van der Waals surface area (Å²) < 4.78 is 7.22. The van der Waals surface area contributed by atoms with E-state index in [2.05, 4.69) is 31.9 Å². The highest BCUT2D eigenvalue weighted by Gasteiger charge is 2.32. The minimum atomic E-state index is -0.804. The van der Waals surface area contributed by atoms with Gasteiger partial charge >= 0.3 is 5.97 Å². The molecule has 0 unspecified atom stereocenters. The third-order valence-electron chi connectivity index (χ3n) is 2.97. The van der Waals surface area contributed by atoms with Crippen molar-refractivity contribution in [1.82, 2.24) is 0 Å². The van der Waals surface area contributed by atoms with Crippen molar-refractivity contribution < 1.29 is 19.1 Å². The Labute approximate surface area is 130 Å². The Kier molecular flexibility index (Phi) is 5.41. The van der Waals surface area contributed by atoms with Crippen molar-refractivity contribution in [3.63, 3.8) is 0 Å². The highest BCUT2D eigenvalue weighted by molar-refractivity contribution is 9.11. The van der Waals surface area contributed by atoms with Crippen LogP contribution in [0.1, 0.15) is 5.56 Å². The number of quaternary nitrogens is 1. The Hall–Kier alpha value is -0.590. The lowest BCUT2D eigenvalue weighted by molar-refractivity contribution is -0.887. The molecular formula is C13H18Br2NO3+. The molecule has 0 aliphatic carbocycles. The molecule has 1 aromatic carbocycles. The van der Waals surface area contributed by atoms with Crippen LogP contribution in [0.2, 0.25) is 0 Å². The zero-order valence-electron chi connectivity index (χ0n) is 11.4. The van der Waals surface area contributed by atoms with Crippen molar-refractivity contribution in [2.45, 2.75) is 12.5 Å². The fourth-order valence-corrected chi connectivity index (χ4v) is 3.25. The maximum Gasteiger partial charge on any atom is 0.362 e. The Bertz CT molecular complexity index is 460. The van der Waals surface area contributed by atoms with Gasteiger partial charge in [-0.05, 0) is 17.7 Å². The van der Waals surface area contributed by atoms with Crippen LogP contribution in [0.5, 0.6) is 5.75 Å². The van der Waals surface area contributed by atoms with E-state index in [0.717, 1.165) is 20.3 Å². The van der Waals surface area contributed by atoms with E-state index < -0.39 is 12.0 Å². The van der Waals surface area contributed by atoms with Gasteiger partial charge in [-0.1, -0.05) is 31.9 Å². The first-order valence-electron chi connectivity index (χ1n) is 5.72. The Morgan fingerprint density at radius 1 is 1.32 bits per heavy atom. The van der Waals surface area contributed by atoms with Crippen LogP contribution in [-0.4, -0.2) is 49.9 Å². The number of halogens is 2. The average molecular weight is 396 g/mol. The molecule has 0 aliphatic heterocycles. The molecule has 0 amide bonds. The first-order valence-corrected chi connectivity index (χ1v) is 7.31. The summed E-state index contributed by atoms with van der Waals surface area (Å²) in [5.74, 6) is -0.0817. The van der Waals surface area contributed by atoms with Crippen molar-refractivity contribution in [1.29, 1.82) is 0 Å². The van der Waals surface area contributed by atoms with Crippen molar-refractivity contribution in [3.05, 3.63) is 26.6 Å². The maximum atomic E-state index is 11.4. The third-order valence-corrected chi connectivity index (χ3v) is 4.38. The molecule has 0 spiro atoms. The van der Waals surface area contributed by atoms with Crippen LogP contribution >= 0.6 is 31.9 Å². The highest BCUT2D eigenvalue weighted by Crippen LogP contribution is 2.32. The Balaban J connectivity index is 3.14. The van der Waals surface area contributed by atoms with E-state index >= 15 is 0 Å². The van der Waals surface area contributed by atoms with Crippen molar-refractivity contribution in [2.24, 2.45) is 0 Å². The number of carbonyl (C=O) groups is 1. The molecule has 1 aromatic rings. The van der Waals surface area contributed by atoms with E-state index in [1.807, 2.05) is 33.3 Å². The summed E-state index contributed by atoms with van der Waals surface area (Å²) in [6, 6.07) is 3.17. The molecule has 0 bridgehead atoms. The van der Waals surface area contributed by atoms with Crippen molar-refractivity contribution >= 4 is 37.8 Å². The number of likely N-dealkylation sites (N-methyl/N-ethyl adjacent to an activating group) is 1. The van der Waals surface area contributed by atoms with E-state index in [-0.39, 0.29) is 0 Å². The summed E-state index contributed by atoms with van der Waals surface area (Å²) >= 11 is 6.95. The van der Waals surface area contributed by atoms with Gasteiger partial charge < -0.3 is 14.3 Å². The molecule has 6 heteroatoms. The molecule has 1 rings (SSSR count). The molecular weight excluding hydrogens is 378 g/mol. The second kappa shape index (κ2) is 6.24. The topological polar surface area (TPSA) is 46.5 Å². The van der Waals surface area contributed by atoms with Crippen molar-refractivity contribution in [2.75, 3.05) is 28.3 Å². The Morgan fingerprint density at radius 2 is 1.79 bits per heavy atom. The molecule has 1 N–H and O–H groups in total. The normalized spacial score (nSPS) is 13.2. The molecule has 1 atom stereocenters. The van der Waals surface area contributed by atoms with E-state index in [1.54, 1.807) is 7.11 Å². The SMILES string of the molecule is COc1cc(Br)c(C[C@H](C(=O)O)[N+](C)(C)C)c(Br)c1. The van der Waals surface area contributed by atoms with E-state index in [1.165, 1.54) is 0 Å². The highest BCUT2D eigenvalue weighted by atomic mass is 79.9. The number of aliphatic carboxylic acids is 1. The van der Waals surface area contributed by atoms with Gasteiger partial charge in [0.15, 0.2) is 6.04 Å². The average Bonchev–Trinajstić information content (AvgIpc) is 2.25. The molecule has 0 fully saturated rings. The molecule has 0 heterocycles. The Morgan fingerprint density at radius 3 is 2.11 bits per heavy atom. The van der Waals surface area contributed by atoms with Crippen molar-refractivity contribution in [3.8, 4) is 5.75 Å². The predicted molar refractivity (Wildman–Crippen MR) is 81.6 cm³/mol.